The van der Waals surface area contributed by atoms with Gasteiger partial charge in [-0.05, 0) is 43.4 Å². The zero-order valence-electron chi connectivity index (χ0n) is 16.2. The van der Waals surface area contributed by atoms with E-state index >= 15 is 0 Å². The molecule has 2 heterocycles. The maximum absolute atomic E-state index is 10.4. The Morgan fingerprint density at radius 3 is 3.00 bits per heavy atom. The lowest BCUT2D eigenvalue weighted by molar-refractivity contribution is -0.00960. The molecule has 28 heavy (non-hydrogen) atoms. The van der Waals surface area contributed by atoms with Crippen molar-refractivity contribution in [1.29, 1.82) is 0 Å². The van der Waals surface area contributed by atoms with Gasteiger partial charge in [0, 0.05) is 12.8 Å². The smallest absolute Gasteiger partial charge is 0.191 e. The summed E-state index contributed by atoms with van der Waals surface area (Å²) in [6.07, 6.45) is 4.41. The molecular formula is C21H25N3O3S. The van der Waals surface area contributed by atoms with Crippen LogP contribution in [-0.4, -0.2) is 38.3 Å². The second-order valence-electron chi connectivity index (χ2n) is 7.13. The van der Waals surface area contributed by atoms with Gasteiger partial charge in [0.15, 0.2) is 11.0 Å². The van der Waals surface area contributed by atoms with Crippen LogP contribution in [0.15, 0.2) is 46.2 Å². The Balaban J connectivity index is 1.32. The first kappa shape index (κ1) is 19.2. The Hall–Kier alpha value is -2.09. The molecule has 6 nitrogen and oxygen atoms in total. The van der Waals surface area contributed by atoms with Crippen LogP contribution in [0.5, 0.6) is 0 Å². The highest BCUT2D eigenvalue weighted by molar-refractivity contribution is 7.99. The molecule has 0 radical (unpaired) electrons. The Morgan fingerprint density at radius 2 is 2.18 bits per heavy atom. The topological polar surface area (TPSA) is 73.3 Å². The average Bonchev–Trinajstić information content (AvgIpc) is 3.29. The molecule has 2 atom stereocenters. The number of fused-ring (bicyclic) bond motifs is 1. The predicted octanol–water partition coefficient (Wildman–Crippen LogP) is 3.93. The minimum atomic E-state index is -0.560. The van der Waals surface area contributed by atoms with E-state index in [4.69, 9.17) is 9.15 Å². The van der Waals surface area contributed by atoms with E-state index in [-0.39, 0.29) is 6.10 Å². The molecule has 4 rings (SSSR count). The lowest BCUT2D eigenvalue weighted by atomic mass is 9.89. The summed E-state index contributed by atoms with van der Waals surface area (Å²) in [4.78, 5) is 0. The fraction of sp³-hybridized carbons (Fsp3) is 0.429. The van der Waals surface area contributed by atoms with Gasteiger partial charge in [0.25, 0.3) is 0 Å². The number of aromatic nitrogens is 3. The van der Waals surface area contributed by atoms with Crippen LogP contribution in [0.25, 0.3) is 11.4 Å². The first-order valence-electron chi connectivity index (χ1n) is 9.57. The fourth-order valence-electron chi connectivity index (χ4n) is 3.62. The maximum atomic E-state index is 10.4. The van der Waals surface area contributed by atoms with Crippen molar-refractivity contribution in [2.45, 2.75) is 43.6 Å². The van der Waals surface area contributed by atoms with E-state index in [0.29, 0.717) is 12.4 Å². The number of benzene rings is 1. The Kier molecular flexibility index (Phi) is 5.85. The monoisotopic (exact) mass is 399 g/mol. The number of ether oxygens (including phenoxy) is 1. The zero-order chi connectivity index (χ0) is 19.5. The number of rotatable bonds is 7. The van der Waals surface area contributed by atoms with Gasteiger partial charge < -0.3 is 18.8 Å². The zero-order valence-corrected chi connectivity index (χ0v) is 17.0. The molecule has 0 spiro atoms. The van der Waals surface area contributed by atoms with E-state index in [1.54, 1.807) is 6.26 Å². The standard InChI is InChI=1S/C21H25N3O3S/c1-14-17(10-11-26-14)20-22-23-21(24(20)2)28-13-16(25)12-27-19-9-5-7-15-6-3-4-8-18(15)19/h3-4,6,8,10-11,16,19,25H,5,7,9,12-13H2,1-2H3/t16-,19+/m0/s1. The second kappa shape index (κ2) is 8.51. The van der Waals surface area contributed by atoms with E-state index < -0.39 is 6.10 Å². The summed E-state index contributed by atoms with van der Waals surface area (Å²) in [6, 6.07) is 10.3. The Bertz CT molecular complexity index is 937. The quantitative estimate of drug-likeness (QED) is 0.607. The molecule has 1 aromatic carbocycles. The summed E-state index contributed by atoms with van der Waals surface area (Å²) in [5.41, 5.74) is 3.56. The Labute approximate surface area is 168 Å². The number of nitrogens with zero attached hydrogens (tertiary/aromatic N) is 3. The van der Waals surface area contributed by atoms with Gasteiger partial charge >= 0.3 is 0 Å². The minimum absolute atomic E-state index is 0.0788. The van der Waals surface area contributed by atoms with Crippen molar-refractivity contribution in [3.8, 4) is 11.4 Å². The average molecular weight is 400 g/mol. The molecule has 0 unspecified atom stereocenters. The van der Waals surface area contributed by atoms with Crippen molar-refractivity contribution >= 4 is 11.8 Å². The summed E-state index contributed by atoms with van der Waals surface area (Å²) in [5, 5.41) is 19.7. The third-order valence-corrected chi connectivity index (χ3v) is 6.31. The van der Waals surface area contributed by atoms with Crippen molar-refractivity contribution in [3.05, 3.63) is 53.5 Å². The van der Waals surface area contributed by atoms with Crippen molar-refractivity contribution in [2.75, 3.05) is 12.4 Å². The highest BCUT2D eigenvalue weighted by atomic mass is 32.2. The van der Waals surface area contributed by atoms with E-state index in [2.05, 4.69) is 34.5 Å². The third-order valence-electron chi connectivity index (χ3n) is 5.14. The number of hydrogen-bond donors (Lipinski definition) is 1. The molecular weight excluding hydrogens is 374 g/mol. The van der Waals surface area contributed by atoms with E-state index in [0.717, 1.165) is 41.6 Å². The van der Waals surface area contributed by atoms with Gasteiger partial charge in [-0.3, -0.25) is 0 Å². The molecule has 7 heteroatoms. The van der Waals surface area contributed by atoms with Gasteiger partial charge in [-0.15, -0.1) is 10.2 Å². The van der Waals surface area contributed by atoms with Gasteiger partial charge in [-0.1, -0.05) is 36.0 Å². The molecule has 0 fully saturated rings. The Morgan fingerprint density at radius 1 is 1.32 bits per heavy atom. The number of aliphatic hydroxyl groups is 1. The van der Waals surface area contributed by atoms with Crippen molar-refractivity contribution in [1.82, 2.24) is 14.8 Å². The van der Waals surface area contributed by atoms with Gasteiger partial charge in [0.05, 0.1) is 30.6 Å². The molecule has 148 valence electrons. The van der Waals surface area contributed by atoms with Crippen molar-refractivity contribution in [2.24, 2.45) is 7.05 Å². The fourth-order valence-corrected chi connectivity index (χ4v) is 4.44. The molecule has 0 aliphatic heterocycles. The number of aliphatic hydroxyl groups excluding tert-OH is 1. The van der Waals surface area contributed by atoms with Crippen molar-refractivity contribution in [3.63, 3.8) is 0 Å². The van der Waals surface area contributed by atoms with Crippen LogP contribution in [0, 0.1) is 6.92 Å². The normalized spacial score (nSPS) is 17.5. The van der Waals surface area contributed by atoms with E-state index in [1.165, 1.54) is 22.9 Å². The second-order valence-corrected chi connectivity index (χ2v) is 8.12. The molecule has 0 amide bonds. The largest absolute Gasteiger partial charge is 0.469 e. The molecule has 1 N–H and O–H groups in total. The van der Waals surface area contributed by atoms with Crippen LogP contribution >= 0.6 is 11.8 Å². The summed E-state index contributed by atoms with van der Waals surface area (Å²) in [5.74, 6) is 2.08. The number of furan rings is 1. The molecule has 0 saturated heterocycles. The summed E-state index contributed by atoms with van der Waals surface area (Å²) in [7, 11) is 1.92. The van der Waals surface area contributed by atoms with Crippen LogP contribution in [0.3, 0.4) is 0 Å². The molecule has 1 aliphatic rings. The van der Waals surface area contributed by atoms with Gasteiger partial charge in [0.1, 0.15) is 5.76 Å². The molecule has 1 aliphatic carbocycles. The molecule has 0 saturated carbocycles. The van der Waals surface area contributed by atoms with E-state index in [9.17, 15) is 5.11 Å². The summed E-state index contributed by atoms with van der Waals surface area (Å²) < 4.78 is 13.3. The molecule has 2 aromatic heterocycles. The first-order valence-corrected chi connectivity index (χ1v) is 10.6. The minimum Gasteiger partial charge on any atom is -0.469 e. The number of hydrogen-bond acceptors (Lipinski definition) is 6. The van der Waals surface area contributed by atoms with Crippen LogP contribution in [0.4, 0.5) is 0 Å². The SMILES string of the molecule is Cc1occc1-c1nnc(SC[C@@H](O)CO[C@@H]2CCCc3ccccc32)n1C. The van der Waals surface area contributed by atoms with Crippen LogP contribution in [0.2, 0.25) is 0 Å². The lowest BCUT2D eigenvalue weighted by Crippen LogP contribution is -2.22. The van der Waals surface area contributed by atoms with E-state index in [1.807, 2.05) is 24.6 Å². The van der Waals surface area contributed by atoms with Crippen LogP contribution < -0.4 is 0 Å². The lowest BCUT2D eigenvalue weighted by Gasteiger charge is -2.26. The van der Waals surface area contributed by atoms with Gasteiger partial charge in [0.2, 0.25) is 0 Å². The number of aryl methyl sites for hydroxylation is 2. The highest BCUT2D eigenvalue weighted by Gasteiger charge is 2.22. The third kappa shape index (κ3) is 4.01. The predicted molar refractivity (Wildman–Crippen MR) is 108 cm³/mol. The van der Waals surface area contributed by atoms with Crippen molar-refractivity contribution < 1.29 is 14.3 Å². The molecule has 0 bridgehead atoms. The van der Waals surface area contributed by atoms with Gasteiger partial charge in [-0.2, -0.15) is 0 Å². The van der Waals surface area contributed by atoms with Gasteiger partial charge in [-0.25, -0.2) is 0 Å². The maximum Gasteiger partial charge on any atom is 0.191 e. The number of thioether (sulfide) groups is 1. The summed E-state index contributed by atoms with van der Waals surface area (Å²) >= 11 is 1.48. The first-order chi connectivity index (χ1) is 13.6. The summed E-state index contributed by atoms with van der Waals surface area (Å²) in [6.45, 7) is 2.22. The van der Waals surface area contributed by atoms with Crippen LogP contribution in [0.1, 0.15) is 35.8 Å². The van der Waals surface area contributed by atoms with Crippen LogP contribution in [-0.2, 0) is 18.2 Å². The highest BCUT2D eigenvalue weighted by Crippen LogP contribution is 2.32. The molecule has 3 aromatic rings.